The van der Waals surface area contributed by atoms with Gasteiger partial charge in [0.15, 0.2) is 5.13 Å². The van der Waals surface area contributed by atoms with Crippen LogP contribution >= 0.6 is 22.7 Å². The number of aromatic nitrogens is 2. The number of anilines is 1. The molecule has 1 aliphatic heterocycles. The zero-order valence-corrected chi connectivity index (χ0v) is 16.7. The normalized spacial score (nSPS) is 16.9. The quantitative estimate of drug-likeness (QED) is 0.481. The van der Waals surface area contributed by atoms with E-state index >= 15 is 0 Å². The highest BCUT2D eigenvalue weighted by Gasteiger charge is 2.28. The molecule has 5 nitrogen and oxygen atoms in total. The first-order chi connectivity index (χ1) is 13.6. The molecular formula is C20H17FN4OS2. The maximum absolute atomic E-state index is 13.5. The van der Waals surface area contributed by atoms with E-state index in [2.05, 4.69) is 15.3 Å². The van der Waals surface area contributed by atoms with Crippen molar-refractivity contribution in [2.24, 2.45) is 0 Å². The highest BCUT2D eigenvalue weighted by Crippen LogP contribution is 2.36. The molecule has 2 aromatic carbocycles. The number of nitrogens with zero attached hydrogens (tertiary/aromatic N) is 3. The summed E-state index contributed by atoms with van der Waals surface area (Å²) in [7, 11) is 0. The van der Waals surface area contributed by atoms with Crippen LogP contribution in [-0.4, -0.2) is 34.0 Å². The molecule has 142 valence electrons. The Morgan fingerprint density at radius 1 is 1.18 bits per heavy atom. The van der Waals surface area contributed by atoms with Crippen molar-refractivity contribution < 1.29 is 9.18 Å². The monoisotopic (exact) mass is 412 g/mol. The van der Waals surface area contributed by atoms with Crippen molar-refractivity contribution in [2.75, 3.05) is 18.4 Å². The van der Waals surface area contributed by atoms with Crippen LogP contribution in [0.4, 0.5) is 14.3 Å². The van der Waals surface area contributed by atoms with E-state index in [0.717, 1.165) is 37.4 Å². The van der Waals surface area contributed by atoms with E-state index in [4.69, 9.17) is 0 Å². The van der Waals surface area contributed by atoms with Crippen LogP contribution in [0.1, 0.15) is 22.9 Å². The van der Waals surface area contributed by atoms with Gasteiger partial charge in [-0.15, -0.1) is 11.3 Å². The van der Waals surface area contributed by atoms with E-state index in [1.807, 2.05) is 25.1 Å². The number of rotatable bonds is 2. The van der Waals surface area contributed by atoms with Crippen LogP contribution in [0, 0.1) is 12.7 Å². The number of fused-ring (bicyclic) bond motifs is 3. The molecule has 0 saturated carbocycles. The van der Waals surface area contributed by atoms with Gasteiger partial charge in [-0.3, -0.25) is 5.32 Å². The summed E-state index contributed by atoms with van der Waals surface area (Å²) in [6.45, 7) is 3.22. The van der Waals surface area contributed by atoms with Crippen LogP contribution in [-0.2, 0) is 0 Å². The number of hydrogen-bond acceptors (Lipinski definition) is 5. The van der Waals surface area contributed by atoms with Gasteiger partial charge in [0.05, 0.1) is 25.4 Å². The maximum Gasteiger partial charge on any atom is 0.323 e. The number of carbonyl (C=O) groups is 1. The molecule has 0 bridgehead atoms. The van der Waals surface area contributed by atoms with Crippen LogP contribution in [0.2, 0.25) is 0 Å². The molecule has 1 saturated heterocycles. The van der Waals surface area contributed by atoms with Crippen molar-refractivity contribution in [3.05, 3.63) is 52.8 Å². The van der Waals surface area contributed by atoms with E-state index in [-0.39, 0.29) is 17.8 Å². The van der Waals surface area contributed by atoms with Gasteiger partial charge in [0.2, 0.25) is 0 Å². The fraction of sp³-hybridized carbons (Fsp3) is 0.250. The van der Waals surface area contributed by atoms with Crippen LogP contribution in [0.25, 0.3) is 20.4 Å². The Hall–Kier alpha value is -2.58. The average molecular weight is 413 g/mol. The third-order valence-electron chi connectivity index (χ3n) is 5.03. The summed E-state index contributed by atoms with van der Waals surface area (Å²) < 4.78 is 15.6. The number of halogens is 1. The Bertz CT molecular complexity index is 1200. The smallest absolute Gasteiger partial charge is 0.323 e. The Kier molecular flexibility index (Phi) is 4.25. The minimum absolute atomic E-state index is 0.158. The molecule has 3 heterocycles. The fourth-order valence-electron chi connectivity index (χ4n) is 3.69. The molecule has 2 amide bonds. The number of nitrogens with one attached hydrogen (secondary N) is 1. The predicted octanol–water partition coefficient (Wildman–Crippen LogP) is 5.37. The molecule has 0 radical (unpaired) electrons. The second kappa shape index (κ2) is 6.79. The number of hydrogen-bond donors (Lipinski definition) is 1. The Morgan fingerprint density at radius 2 is 1.96 bits per heavy atom. The Balaban J connectivity index is 1.33. The topological polar surface area (TPSA) is 58.1 Å². The fourth-order valence-corrected chi connectivity index (χ4v) is 5.68. The van der Waals surface area contributed by atoms with Crippen LogP contribution in [0.15, 0.2) is 36.4 Å². The molecular weight excluding hydrogens is 395 g/mol. The molecule has 28 heavy (non-hydrogen) atoms. The largest absolute Gasteiger partial charge is 0.324 e. The van der Waals surface area contributed by atoms with Crippen molar-refractivity contribution >= 4 is 54.3 Å². The van der Waals surface area contributed by atoms with Gasteiger partial charge in [-0.2, -0.15) is 0 Å². The Morgan fingerprint density at radius 3 is 2.79 bits per heavy atom. The molecule has 8 heteroatoms. The van der Waals surface area contributed by atoms with E-state index in [1.165, 1.54) is 17.4 Å². The number of thiazole rings is 2. The molecule has 4 aromatic rings. The van der Waals surface area contributed by atoms with Crippen LogP contribution in [0.5, 0.6) is 0 Å². The minimum Gasteiger partial charge on any atom is -0.324 e. The first-order valence-electron chi connectivity index (χ1n) is 9.05. The molecule has 1 aliphatic rings. The first-order valence-corrected chi connectivity index (χ1v) is 10.7. The van der Waals surface area contributed by atoms with Gasteiger partial charge in [0.1, 0.15) is 5.82 Å². The minimum atomic E-state index is -0.237. The zero-order valence-electron chi connectivity index (χ0n) is 15.1. The number of likely N-dealkylation sites (tertiary alicyclic amines) is 1. The molecule has 2 aromatic heterocycles. The highest BCUT2D eigenvalue weighted by atomic mass is 32.1. The number of carbonyl (C=O) groups excluding carboxylic acids is 1. The van der Waals surface area contributed by atoms with Crippen LogP contribution in [0.3, 0.4) is 0 Å². The lowest BCUT2D eigenvalue weighted by Crippen LogP contribution is -2.32. The number of urea groups is 1. The molecule has 0 spiro atoms. The summed E-state index contributed by atoms with van der Waals surface area (Å²) >= 11 is 3.12. The van der Waals surface area contributed by atoms with Crippen molar-refractivity contribution in [1.29, 1.82) is 0 Å². The molecule has 1 atom stereocenters. The van der Waals surface area contributed by atoms with E-state index in [9.17, 15) is 9.18 Å². The zero-order chi connectivity index (χ0) is 19.3. The lowest BCUT2D eigenvalue weighted by atomic mass is 9.98. The van der Waals surface area contributed by atoms with Gasteiger partial charge in [-0.1, -0.05) is 23.5 Å². The second-order valence-corrected chi connectivity index (χ2v) is 9.13. The number of benzene rings is 2. The van der Waals surface area contributed by atoms with E-state index in [0.29, 0.717) is 18.2 Å². The van der Waals surface area contributed by atoms with Gasteiger partial charge in [-0.25, -0.2) is 19.2 Å². The van der Waals surface area contributed by atoms with Crippen molar-refractivity contribution in [1.82, 2.24) is 14.9 Å². The molecule has 1 unspecified atom stereocenters. The van der Waals surface area contributed by atoms with Gasteiger partial charge in [0, 0.05) is 19.0 Å². The van der Waals surface area contributed by atoms with Gasteiger partial charge < -0.3 is 4.90 Å². The summed E-state index contributed by atoms with van der Waals surface area (Å²) in [4.78, 5) is 23.5. The summed E-state index contributed by atoms with van der Waals surface area (Å²) in [6.07, 6.45) is 0.831. The van der Waals surface area contributed by atoms with E-state index in [1.54, 1.807) is 28.4 Å². The summed E-state index contributed by atoms with van der Waals surface area (Å²) in [5, 5.41) is 4.54. The lowest BCUT2D eigenvalue weighted by Gasteiger charge is -2.16. The molecule has 0 aliphatic carbocycles. The van der Waals surface area contributed by atoms with Gasteiger partial charge >= 0.3 is 6.03 Å². The third kappa shape index (κ3) is 3.12. The molecule has 1 fully saturated rings. The van der Waals surface area contributed by atoms with Crippen molar-refractivity contribution in [3.8, 4) is 0 Å². The van der Waals surface area contributed by atoms with Gasteiger partial charge in [-0.05, 0) is 43.2 Å². The summed E-state index contributed by atoms with van der Waals surface area (Å²) in [5.74, 6) is -0.0731. The number of aryl methyl sites for hydroxylation is 1. The van der Waals surface area contributed by atoms with Gasteiger partial charge in [0.25, 0.3) is 0 Å². The Labute approximate surface area is 168 Å². The maximum atomic E-state index is 13.5. The SMILES string of the molecule is Cc1nc2ccc3nc(NC(=O)N4CCC(c5cccc(F)c5)C4)sc3c2s1. The first kappa shape index (κ1) is 17.5. The highest BCUT2D eigenvalue weighted by molar-refractivity contribution is 7.28. The van der Waals surface area contributed by atoms with Crippen molar-refractivity contribution in [2.45, 2.75) is 19.3 Å². The summed E-state index contributed by atoms with van der Waals surface area (Å²) in [6, 6.07) is 10.4. The van der Waals surface area contributed by atoms with Crippen LogP contribution < -0.4 is 5.32 Å². The number of amides is 2. The lowest BCUT2D eigenvalue weighted by molar-refractivity contribution is 0.222. The average Bonchev–Trinajstić information content (AvgIpc) is 3.38. The predicted molar refractivity (Wildman–Crippen MR) is 112 cm³/mol. The third-order valence-corrected chi connectivity index (χ3v) is 7.17. The molecule has 5 rings (SSSR count). The second-order valence-electron chi connectivity index (χ2n) is 6.93. The standard InChI is InChI=1S/C20H17FN4OS2/c1-11-22-15-5-6-16-18(17(15)27-11)28-19(23-16)24-20(26)25-8-7-13(10-25)12-3-2-4-14(21)9-12/h2-6,9,13H,7-8,10H2,1H3,(H,23,24,26). The van der Waals surface area contributed by atoms with E-state index < -0.39 is 0 Å². The summed E-state index contributed by atoms with van der Waals surface area (Å²) in [5.41, 5.74) is 2.78. The van der Waals surface area contributed by atoms with Crippen molar-refractivity contribution in [3.63, 3.8) is 0 Å². The molecule has 1 N–H and O–H groups in total.